The molecule has 30 heavy (non-hydrogen) atoms. The third-order valence-electron chi connectivity index (χ3n) is 4.44. The fourth-order valence-corrected chi connectivity index (χ4v) is 3.26. The van der Waals surface area contributed by atoms with Gasteiger partial charge in [0.1, 0.15) is 22.8 Å². The fraction of sp³-hybridized carbons (Fsp3) is 0.318. The Morgan fingerprint density at radius 3 is 2.17 bits per heavy atom. The summed E-state index contributed by atoms with van der Waals surface area (Å²) in [6.45, 7) is 0.0861. The number of phenols is 1. The highest BCUT2D eigenvalue weighted by molar-refractivity contribution is 9.09. The van der Waals surface area contributed by atoms with Crippen molar-refractivity contribution in [2.24, 2.45) is 0 Å². The SMILES string of the molecule is COc1cc(O)c(C(=O)CBr)cc1CCO.COc1cc2occc2cc1CCO. The summed E-state index contributed by atoms with van der Waals surface area (Å²) in [6.07, 6.45) is 2.63. The van der Waals surface area contributed by atoms with Crippen LogP contribution in [0.3, 0.4) is 0 Å². The zero-order chi connectivity index (χ0) is 22.1. The van der Waals surface area contributed by atoms with E-state index in [0.29, 0.717) is 24.2 Å². The Balaban J connectivity index is 0.000000215. The Morgan fingerprint density at radius 1 is 1.00 bits per heavy atom. The number of carbonyl (C=O) groups excluding carboxylic acids is 1. The zero-order valence-electron chi connectivity index (χ0n) is 16.9. The summed E-state index contributed by atoms with van der Waals surface area (Å²) in [7, 11) is 3.09. The number of alkyl halides is 1. The Hall–Kier alpha value is -2.55. The average molecular weight is 481 g/mol. The molecule has 0 fully saturated rings. The van der Waals surface area contributed by atoms with E-state index in [1.807, 2.05) is 18.2 Å². The van der Waals surface area contributed by atoms with E-state index in [0.717, 1.165) is 22.3 Å². The number of carbonyl (C=O) groups is 1. The molecule has 3 aromatic rings. The molecule has 0 aliphatic carbocycles. The van der Waals surface area contributed by atoms with Crippen molar-refractivity contribution < 1.29 is 34.0 Å². The van der Waals surface area contributed by atoms with Crippen LogP contribution in [0.15, 0.2) is 41.0 Å². The number of aliphatic hydroxyl groups is 2. The second-order valence-corrected chi connectivity index (χ2v) is 6.87. The number of ether oxygens (including phenoxy) is 2. The maximum Gasteiger partial charge on any atom is 0.177 e. The minimum absolute atomic E-state index is 0.0386. The molecule has 0 spiro atoms. The number of rotatable bonds is 8. The molecule has 0 atom stereocenters. The number of Topliss-reactive ketones (excluding diaryl/α,β-unsaturated/α-hetero) is 1. The summed E-state index contributed by atoms with van der Waals surface area (Å²) >= 11 is 3.04. The average Bonchev–Trinajstić information content (AvgIpc) is 3.21. The van der Waals surface area contributed by atoms with E-state index in [2.05, 4.69) is 15.9 Å². The quantitative estimate of drug-likeness (QED) is 0.334. The lowest BCUT2D eigenvalue weighted by atomic mass is 10.0. The molecule has 0 bridgehead atoms. The van der Waals surface area contributed by atoms with Gasteiger partial charge in [0.05, 0.1) is 31.4 Å². The molecule has 7 nitrogen and oxygen atoms in total. The molecule has 1 heterocycles. The maximum atomic E-state index is 11.5. The van der Waals surface area contributed by atoms with E-state index in [9.17, 15) is 9.90 Å². The Bertz CT molecular complexity index is 981. The number of aliphatic hydroxyl groups excluding tert-OH is 2. The number of furan rings is 1. The van der Waals surface area contributed by atoms with Crippen molar-refractivity contribution in [2.75, 3.05) is 32.8 Å². The molecule has 3 N–H and O–H groups in total. The van der Waals surface area contributed by atoms with Gasteiger partial charge >= 0.3 is 0 Å². The molecule has 0 amide bonds. The van der Waals surface area contributed by atoms with Gasteiger partial charge in [-0.3, -0.25) is 4.79 Å². The van der Waals surface area contributed by atoms with E-state index < -0.39 is 0 Å². The summed E-state index contributed by atoms with van der Waals surface area (Å²) < 4.78 is 15.5. The van der Waals surface area contributed by atoms with Crippen LogP contribution in [0, 0.1) is 0 Å². The number of hydrogen-bond acceptors (Lipinski definition) is 7. The number of ketones is 1. The first-order chi connectivity index (χ1) is 14.5. The highest BCUT2D eigenvalue weighted by atomic mass is 79.9. The molecule has 162 valence electrons. The van der Waals surface area contributed by atoms with Crippen molar-refractivity contribution in [1.82, 2.24) is 0 Å². The first kappa shape index (κ1) is 23.7. The molecule has 1 aromatic heterocycles. The van der Waals surface area contributed by atoms with E-state index in [4.69, 9.17) is 24.1 Å². The number of aromatic hydroxyl groups is 1. The molecule has 0 radical (unpaired) electrons. The van der Waals surface area contributed by atoms with Gasteiger partial charge in [-0.15, -0.1) is 0 Å². The molecular formula is C22H25BrO7. The number of methoxy groups -OCH3 is 2. The summed E-state index contributed by atoms with van der Waals surface area (Å²) in [5.41, 5.74) is 2.75. The Labute approximate surface area is 183 Å². The second-order valence-electron chi connectivity index (χ2n) is 6.31. The van der Waals surface area contributed by atoms with Gasteiger partial charge in [-0.25, -0.2) is 0 Å². The predicted octanol–water partition coefficient (Wildman–Crippen LogP) is 3.49. The summed E-state index contributed by atoms with van der Waals surface area (Å²) in [4.78, 5) is 11.5. The normalized spacial score (nSPS) is 10.4. The van der Waals surface area contributed by atoms with Crippen LogP contribution in [0.2, 0.25) is 0 Å². The van der Waals surface area contributed by atoms with Crippen LogP contribution in [-0.2, 0) is 12.8 Å². The monoisotopic (exact) mass is 480 g/mol. The van der Waals surface area contributed by atoms with E-state index >= 15 is 0 Å². The largest absolute Gasteiger partial charge is 0.507 e. The van der Waals surface area contributed by atoms with Gasteiger partial charge in [-0.2, -0.15) is 0 Å². The van der Waals surface area contributed by atoms with Gasteiger partial charge in [0.25, 0.3) is 0 Å². The lowest BCUT2D eigenvalue weighted by molar-refractivity contribution is 0.102. The van der Waals surface area contributed by atoms with Crippen LogP contribution < -0.4 is 9.47 Å². The van der Waals surface area contributed by atoms with E-state index in [1.54, 1.807) is 19.4 Å². The van der Waals surface area contributed by atoms with Gasteiger partial charge < -0.3 is 29.2 Å². The van der Waals surface area contributed by atoms with Gasteiger partial charge in [-0.05, 0) is 42.2 Å². The van der Waals surface area contributed by atoms with Crippen molar-refractivity contribution in [3.63, 3.8) is 0 Å². The Kier molecular flexibility index (Phi) is 9.16. The molecular weight excluding hydrogens is 456 g/mol. The molecule has 0 saturated carbocycles. The zero-order valence-corrected chi connectivity index (χ0v) is 18.4. The molecule has 3 rings (SSSR count). The van der Waals surface area contributed by atoms with E-state index in [-0.39, 0.29) is 35.6 Å². The van der Waals surface area contributed by atoms with Crippen LogP contribution in [0.1, 0.15) is 21.5 Å². The van der Waals surface area contributed by atoms with Crippen molar-refractivity contribution in [3.05, 3.63) is 53.3 Å². The molecule has 0 aliphatic heterocycles. The topological polar surface area (TPSA) is 109 Å². The van der Waals surface area contributed by atoms with E-state index in [1.165, 1.54) is 13.2 Å². The minimum Gasteiger partial charge on any atom is -0.507 e. The molecule has 0 aliphatic rings. The second kappa shape index (κ2) is 11.6. The summed E-state index contributed by atoms with van der Waals surface area (Å²) in [6, 6.07) is 8.67. The van der Waals surface area contributed by atoms with Crippen molar-refractivity contribution in [2.45, 2.75) is 12.8 Å². The fourth-order valence-electron chi connectivity index (χ4n) is 2.96. The van der Waals surface area contributed by atoms with Crippen LogP contribution in [0.4, 0.5) is 0 Å². The third kappa shape index (κ3) is 5.75. The van der Waals surface area contributed by atoms with Crippen LogP contribution in [0.25, 0.3) is 11.0 Å². The number of benzene rings is 2. The first-order valence-corrected chi connectivity index (χ1v) is 10.4. The van der Waals surface area contributed by atoms with Gasteiger partial charge in [0, 0.05) is 30.7 Å². The van der Waals surface area contributed by atoms with Crippen molar-refractivity contribution in [3.8, 4) is 17.2 Å². The number of phenolic OH excluding ortho intramolecular Hbond substituents is 1. The summed E-state index contributed by atoms with van der Waals surface area (Å²) in [5.74, 6) is 0.918. The Morgan fingerprint density at radius 2 is 1.60 bits per heavy atom. The summed E-state index contributed by atoms with van der Waals surface area (Å²) in [5, 5.41) is 28.6. The smallest absolute Gasteiger partial charge is 0.177 e. The number of hydrogen-bond donors (Lipinski definition) is 3. The highest BCUT2D eigenvalue weighted by Gasteiger charge is 2.14. The molecule has 8 heteroatoms. The lowest BCUT2D eigenvalue weighted by Crippen LogP contribution is -2.04. The van der Waals surface area contributed by atoms with Crippen molar-refractivity contribution >= 4 is 32.7 Å². The lowest BCUT2D eigenvalue weighted by Gasteiger charge is -2.10. The minimum atomic E-state index is -0.209. The number of halogens is 1. The standard InChI is InChI=1S/C11H13BrO4.C11H12O3/c1-16-11-5-9(14)8(10(15)6-12)4-7(11)2-3-13;1-13-10-7-11-9(3-5-14-11)6-8(10)2-4-12/h4-5,13-14H,2-3,6H2,1H3;3,5-7,12H,2,4H2,1H3. The molecule has 0 unspecified atom stereocenters. The van der Waals surface area contributed by atoms with Crippen LogP contribution in [0.5, 0.6) is 17.2 Å². The predicted molar refractivity (Wildman–Crippen MR) is 117 cm³/mol. The number of fused-ring (bicyclic) bond motifs is 1. The third-order valence-corrected chi connectivity index (χ3v) is 4.95. The molecule has 0 saturated heterocycles. The first-order valence-electron chi connectivity index (χ1n) is 9.23. The molecule has 2 aromatic carbocycles. The van der Waals surface area contributed by atoms with Gasteiger partial charge in [-0.1, -0.05) is 15.9 Å². The highest BCUT2D eigenvalue weighted by Crippen LogP contribution is 2.29. The van der Waals surface area contributed by atoms with Gasteiger partial charge in [0.15, 0.2) is 5.78 Å². The van der Waals surface area contributed by atoms with Crippen LogP contribution in [-0.4, -0.2) is 53.9 Å². The van der Waals surface area contributed by atoms with Crippen LogP contribution >= 0.6 is 15.9 Å². The van der Waals surface area contributed by atoms with Crippen molar-refractivity contribution in [1.29, 1.82) is 0 Å². The maximum absolute atomic E-state index is 11.5. The van der Waals surface area contributed by atoms with Gasteiger partial charge in [0.2, 0.25) is 0 Å².